The molecule has 2 rings (SSSR count). The maximum Gasteiger partial charge on any atom is 0.339 e. The van der Waals surface area contributed by atoms with Crippen molar-refractivity contribution in [1.82, 2.24) is 0 Å². The van der Waals surface area contributed by atoms with Crippen molar-refractivity contribution in [3.63, 3.8) is 0 Å². The summed E-state index contributed by atoms with van der Waals surface area (Å²) < 4.78 is 9.53. The molecule has 0 radical (unpaired) electrons. The molecule has 0 saturated carbocycles. The van der Waals surface area contributed by atoms with Gasteiger partial charge in [-0.05, 0) is 24.3 Å². The molecule has 0 aliphatic carbocycles. The lowest BCUT2D eigenvalue weighted by Gasteiger charge is -2.11. The molecule has 0 saturated heterocycles. The Balaban J connectivity index is 2.05. The maximum absolute atomic E-state index is 12.1. The van der Waals surface area contributed by atoms with Crippen LogP contribution in [0.3, 0.4) is 0 Å². The van der Waals surface area contributed by atoms with E-state index in [-0.39, 0.29) is 26.9 Å². The molecule has 0 aliphatic heterocycles. The molecular weight excluding hydrogens is 405 g/mol. The average Bonchev–Trinajstić information content (AvgIpc) is 2.62. The lowest BCUT2D eigenvalue weighted by molar-refractivity contribution is -0.119. The summed E-state index contributed by atoms with van der Waals surface area (Å²) in [7, 11) is 1.19. The van der Waals surface area contributed by atoms with Gasteiger partial charge in [0.15, 0.2) is 6.61 Å². The number of hydrogen-bond donors (Lipinski definition) is 1. The number of nitrogens with one attached hydrogen (secondary N) is 1. The van der Waals surface area contributed by atoms with Crippen LogP contribution < -0.4 is 5.32 Å². The second-order valence-corrected chi connectivity index (χ2v) is 6.16. The van der Waals surface area contributed by atoms with Crippen LogP contribution in [0.15, 0.2) is 36.4 Å². The Kier molecular flexibility index (Phi) is 6.85. The first kappa shape index (κ1) is 20.0. The first-order chi connectivity index (χ1) is 12.3. The Morgan fingerprint density at radius 3 is 2.04 bits per heavy atom. The van der Waals surface area contributed by atoms with Crippen LogP contribution in [0.5, 0.6) is 0 Å². The molecule has 136 valence electrons. The van der Waals surface area contributed by atoms with Gasteiger partial charge >= 0.3 is 11.9 Å². The van der Waals surface area contributed by atoms with Crippen molar-refractivity contribution in [3.05, 3.63) is 62.6 Å². The fourth-order valence-corrected chi connectivity index (χ4v) is 2.91. The number of esters is 2. The normalized spacial score (nSPS) is 10.2. The van der Waals surface area contributed by atoms with Gasteiger partial charge in [0.25, 0.3) is 5.91 Å². The maximum atomic E-state index is 12.1. The largest absolute Gasteiger partial charge is 0.465 e. The van der Waals surface area contributed by atoms with Gasteiger partial charge in [-0.2, -0.15) is 0 Å². The van der Waals surface area contributed by atoms with Gasteiger partial charge in [-0.25, -0.2) is 9.59 Å². The topological polar surface area (TPSA) is 81.7 Å². The molecule has 0 atom stereocenters. The third-order valence-electron chi connectivity index (χ3n) is 3.16. The van der Waals surface area contributed by atoms with Crippen molar-refractivity contribution >= 4 is 58.3 Å². The SMILES string of the molecule is COC(=O)c1ccccc1C(=O)OCC(=O)Nc1c(Cl)cc(Cl)cc1Cl. The number of benzene rings is 2. The molecule has 0 spiro atoms. The minimum atomic E-state index is -0.852. The minimum absolute atomic E-state index is 0.0188. The van der Waals surface area contributed by atoms with Crippen molar-refractivity contribution in [2.24, 2.45) is 0 Å². The van der Waals surface area contributed by atoms with Crippen molar-refractivity contribution in [2.75, 3.05) is 19.0 Å². The van der Waals surface area contributed by atoms with E-state index in [9.17, 15) is 14.4 Å². The highest BCUT2D eigenvalue weighted by Crippen LogP contribution is 2.33. The summed E-state index contributed by atoms with van der Waals surface area (Å²) in [6.45, 7) is -0.608. The monoisotopic (exact) mass is 415 g/mol. The molecule has 0 fully saturated rings. The Bertz CT molecular complexity index is 846. The number of methoxy groups -OCH3 is 1. The van der Waals surface area contributed by atoms with E-state index in [1.807, 2.05) is 0 Å². The van der Waals surface area contributed by atoms with Crippen LogP contribution in [-0.4, -0.2) is 31.6 Å². The van der Waals surface area contributed by atoms with Crippen LogP contribution in [0.25, 0.3) is 0 Å². The molecular formula is C17H12Cl3NO5. The summed E-state index contributed by atoms with van der Waals surface area (Å²) in [6.07, 6.45) is 0. The molecule has 0 bridgehead atoms. The second kappa shape index (κ2) is 8.89. The lowest BCUT2D eigenvalue weighted by Crippen LogP contribution is -2.22. The standard InChI is InChI=1S/C17H12Cl3NO5/c1-25-16(23)10-4-2-3-5-11(10)17(24)26-8-14(22)21-15-12(19)6-9(18)7-13(15)20/h2-7H,8H2,1H3,(H,21,22). The highest BCUT2D eigenvalue weighted by atomic mass is 35.5. The van der Waals surface area contributed by atoms with E-state index in [0.717, 1.165) is 0 Å². The molecule has 1 N–H and O–H groups in total. The van der Waals surface area contributed by atoms with E-state index < -0.39 is 24.5 Å². The predicted molar refractivity (Wildman–Crippen MR) is 98.2 cm³/mol. The Labute approximate surface area is 163 Å². The number of halogens is 3. The van der Waals surface area contributed by atoms with E-state index >= 15 is 0 Å². The average molecular weight is 417 g/mol. The van der Waals surface area contributed by atoms with Crippen molar-refractivity contribution in [3.8, 4) is 0 Å². The third kappa shape index (κ3) is 4.88. The van der Waals surface area contributed by atoms with Crippen LogP contribution in [0.1, 0.15) is 20.7 Å². The molecule has 0 aliphatic rings. The fraction of sp³-hybridized carbons (Fsp3) is 0.118. The van der Waals surface area contributed by atoms with E-state index in [2.05, 4.69) is 10.1 Å². The Morgan fingerprint density at radius 2 is 1.50 bits per heavy atom. The molecule has 0 unspecified atom stereocenters. The van der Waals surface area contributed by atoms with Crippen LogP contribution in [0.2, 0.25) is 15.1 Å². The summed E-state index contributed by atoms with van der Waals surface area (Å²) in [6, 6.07) is 8.73. The molecule has 1 amide bonds. The van der Waals surface area contributed by atoms with Gasteiger partial charge in [0.05, 0.1) is 34.0 Å². The zero-order valence-corrected chi connectivity index (χ0v) is 15.6. The number of carbonyl (C=O) groups excluding carboxylic acids is 3. The first-order valence-corrected chi connectivity index (χ1v) is 8.25. The van der Waals surface area contributed by atoms with Gasteiger partial charge in [-0.3, -0.25) is 4.79 Å². The molecule has 9 heteroatoms. The summed E-state index contributed by atoms with van der Waals surface area (Å²) >= 11 is 17.7. The first-order valence-electron chi connectivity index (χ1n) is 7.12. The molecule has 0 heterocycles. The number of rotatable bonds is 5. The molecule has 26 heavy (non-hydrogen) atoms. The van der Waals surface area contributed by atoms with Crippen LogP contribution >= 0.6 is 34.8 Å². The molecule has 2 aromatic carbocycles. The van der Waals surface area contributed by atoms with Gasteiger partial charge in [-0.15, -0.1) is 0 Å². The summed E-state index contributed by atoms with van der Waals surface area (Å²) in [5.74, 6) is -2.21. The second-order valence-electron chi connectivity index (χ2n) is 4.91. The zero-order valence-electron chi connectivity index (χ0n) is 13.3. The van der Waals surface area contributed by atoms with Gasteiger partial charge in [0.2, 0.25) is 0 Å². The van der Waals surface area contributed by atoms with Gasteiger partial charge < -0.3 is 14.8 Å². The highest BCUT2D eigenvalue weighted by molar-refractivity contribution is 6.42. The van der Waals surface area contributed by atoms with Crippen molar-refractivity contribution in [1.29, 1.82) is 0 Å². The number of ether oxygens (including phenoxy) is 2. The fourth-order valence-electron chi connectivity index (χ4n) is 2.00. The zero-order chi connectivity index (χ0) is 19.3. The quantitative estimate of drug-likeness (QED) is 0.738. The summed E-state index contributed by atoms with van der Waals surface area (Å²) in [4.78, 5) is 35.8. The van der Waals surface area contributed by atoms with E-state index in [4.69, 9.17) is 39.5 Å². The third-order valence-corrected chi connectivity index (χ3v) is 3.97. The molecule has 6 nitrogen and oxygen atoms in total. The predicted octanol–water partition coefficient (Wildman–Crippen LogP) is 4.23. The number of anilines is 1. The lowest BCUT2D eigenvalue weighted by atomic mass is 10.1. The van der Waals surface area contributed by atoms with Gasteiger partial charge in [0, 0.05) is 5.02 Å². The van der Waals surface area contributed by atoms with Crippen LogP contribution in [-0.2, 0) is 14.3 Å². The van der Waals surface area contributed by atoms with Crippen LogP contribution in [0.4, 0.5) is 5.69 Å². The van der Waals surface area contributed by atoms with Crippen LogP contribution in [0, 0.1) is 0 Å². The van der Waals surface area contributed by atoms with Gasteiger partial charge in [0.1, 0.15) is 0 Å². The van der Waals surface area contributed by atoms with E-state index in [1.165, 1.54) is 31.4 Å². The van der Waals surface area contributed by atoms with E-state index in [1.54, 1.807) is 12.1 Å². The Hall–Kier alpha value is -2.28. The molecule has 2 aromatic rings. The number of carbonyl (C=O) groups is 3. The highest BCUT2D eigenvalue weighted by Gasteiger charge is 2.19. The smallest absolute Gasteiger partial charge is 0.339 e. The Morgan fingerprint density at radius 1 is 0.962 bits per heavy atom. The van der Waals surface area contributed by atoms with Gasteiger partial charge in [-0.1, -0.05) is 46.9 Å². The van der Waals surface area contributed by atoms with E-state index in [0.29, 0.717) is 5.02 Å². The summed E-state index contributed by atoms with van der Waals surface area (Å²) in [5, 5.41) is 3.01. The number of hydrogen-bond acceptors (Lipinski definition) is 5. The summed E-state index contributed by atoms with van der Waals surface area (Å²) in [5.41, 5.74) is 0.160. The van der Waals surface area contributed by atoms with Crippen molar-refractivity contribution in [2.45, 2.75) is 0 Å². The van der Waals surface area contributed by atoms with Crippen molar-refractivity contribution < 1.29 is 23.9 Å². The molecule has 0 aromatic heterocycles. The number of amides is 1. The minimum Gasteiger partial charge on any atom is -0.465 e.